The summed E-state index contributed by atoms with van der Waals surface area (Å²) in [5.74, 6) is -1.35. The summed E-state index contributed by atoms with van der Waals surface area (Å²) < 4.78 is 5.18. The van der Waals surface area contributed by atoms with Gasteiger partial charge in [0.1, 0.15) is 6.04 Å². The molecule has 0 aromatic heterocycles. The van der Waals surface area contributed by atoms with Gasteiger partial charge in [-0.3, -0.25) is 24.1 Å². The predicted octanol–water partition coefficient (Wildman–Crippen LogP) is 2.09. The van der Waals surface area contributed by atoms with Crippen molar-refractivity contribution in [3.63, 3.8) is 0 Å². The average molecular weight is 481 g/mol. The Morgan fingerprint density at radius 2 is 1.91 bits per heavy atom. The molecule has 186 valence electrons. The monoisotopic (exact) mass is 480 g/mol. The summed E-state index contributed by atoms with van der Waals surface area (Å²) in [6.07, 6.45) is 1.55. The number of esters is 1. The Bertz CT molecular complexity index is 1030. The molecule has 0 aliphatic carbocycles. The lowest BCUT2D eigenvalue weighted by Gasteiger charge is -2.33. The van der Waals surface area contributed by atoms with Gasteiger partial charge in [-0.15, -0.1) is 0 Å². The van der Waals surface area contributed by atoms with E-state index in [-0.39, 0.29) is 30.7 Å². The highest BCUT2D eigenvalue weighted by atomic mass is 16.5. The van der Waals surface area contributed by atoms with Crippen molar-refractivity contribution in [2.45, 2.75) is 38.8 Å². The van der Waals surface area contributed by atoms with Crippen molar-refractivity contribution in [2.75, 3.05) is 31.6 Å². The van der Waals surface area contributed by atoms with E-state index in [1.54, 1.807) is 29.2 Å². The molecule has 3 rings (SSSR count). The molecule has 0 saturated carbocycles. The molecule has 9 nitrogen and oxygen atoms in total. The van der Waals surface area contributed by atoms with Gasteiger partial charge in [-0.2, -0.15) is 0 Å². The molecule has 1 aliphatic heterocycles. The van der Waals surface area contributed by atoms with Gasteiger partial charge in [-0.25, -0.2) is 0 Å². The molecule has 1 aliphatic rings. The fourth-order valence-corrected chi connectivity index (χ4v) is 3.72. The molecular formula is C26H32N4O5. The molecule has 9 heteroatoms. The first kappa shape index (κ1) is 25.9. The van der Waals surface area contributed by atoms with Gasteiger partial charge in [0.15, 0.2) is 0 Å². The fourth-order valence-electron chi connectivity index (χ4n) is 3.72. The zero-order chi connectivity index (χ0) is 25.0. The number of anilines is 1. The minimum Gasteiger partial charge on any atom is -0.466 e. The summed E-state index contributed by atoms with van der Waals surface area (Å²) in [6, 6.07) is 15.5. The standard InChI is InChI=1S/C26H32N4O5/c1-2-3-14-35-24(32)16-22-26(34)27-12-13-30(22)18-23(31)29-21-11-7-10-20(15-21)25(33)28-17-19-8-5-4-6-9-19/h4-11,15,22H,2-3,12-14,16-18H2,1H3,(H,27,34)(H,28,33)(H,29,31). The number of hydrogen-bond donors (Lipinski definition) is 3. The SMILES string of the molecule is CCCCOC(=O)CC1C(=O)NCCN1CC(=O)Nc1cccc(C(=O)NCc2ccccc2)c1. The first-order valence-electron chi connectivity index (χ1n) is 11.9. The number of rotatable bonds is 11. The van der Waals surface area contributed by atoms with E-state index in [1.807, 2.05) is 37.3 Å². The number of amides is 3. The number of nitrogens with zero attached hydrogens (tertiary/aromatic N) is 1. The summed E-state index contributed by atoms with van der Waals surface area (Å²) in [5, 5.41) is 8.38. The van der Waals surface area contributed by atoms with Crippen molar-refractivity contribution >= 4 is 29.4 Å². The molecule has 0 bridgehead atoms. The van der Waals surface area contributed by atoms with Gasteiger partial charge < -0.3 is 20.7 Å². The maximum atomic E-state index is 12.7. The van der Waals surface area contributed by atoms with Crippen LogP contribution in [0.3, 0.4) is 0 Å². The second-order valence-corrected chi connectivity index (χ2v) is 8.35. The van der Waals surface area contributed by atoms with E-state index in [2.05, 4.69) is 16.0 Å². The third-order valence-electron chi connectivity index (χ3n) is 5.61. The van der Waals surface area contributed by atoms with E-state index in [0.29, 0.717) is 37.5 Å². The number of carbonyl (C=O) groups is 4. The van der Waals surface area contributed by atoms with Gasteiger partial charge in [-0.05, 0) is 30.2 Å². The van der Waals surface area contributed by atoms with Gasteiger partial charge in [0.25, 0.3) is 5.91 Å². The molecule has 1 unspecified atom stereocenters. The first-order valence-corrected chi connectivity index (χ1v) is 11.9. The van der Waals surface area contributed by atoms with E-state index in [9.17, 15) is 19.2 Å². The zero-order valence-corrected chi connectivity index (χ0v) is 19.9. The quantitative estimate of drug-likeness (QED) is 0.335. The van der Waals surface area contributed by atoms with Crippen LogP contribution < -0.4 is 16.0 Å². The Kier molecular flexibility index (Phi) is 9.80. The van der Waals surface area contributed by atoms with Crippen molar-refractivity contribution in [1.82, 2.24) is 15.5 Å². The second-order valence-electron chi connectivity index (χ2n) is 8.35. The van der Waals surface area contributed by atoms with E-state index in [4.69, 9.17) is 4.74 Å². The second kappa shape index (κ2) is 13.2. The van der Waals surface area contributed by atoms with Crippen molar-refractivity contribution in [3.05, 3.63) is 65.7 Å². The number of nitrogens with one attached hydrogen (secondary N) is 3. The molecule has 1 fully saturated rings. The van der Waals surface area contributed by atoms with Crippen LogP contribution in [-0.2, 0) is 25.7 Å². The first-order chi connectivity index (χ1) is 17.0. The highest BCUT2D eigenvalue weighted by Gasteiger charge is 2.33. The average Bonchev–Trinajstić information content (AvgIpc) is 2.85. The number of unbranched alkanes of at least 4 members (excludes halogenated alkanes) is 1. The third kappa shape index (κ3) is 8.22. The molecule has 1 heterocycles. The fraction of sp³-hybridized carbons (Fsp3) is 0.385. The van der Waals surface area contributed by atoms with Gasteiger partial charge in [-0.1, -0.05) is 49.7 Å². The van der Waals surface area contributed by atoms with Crippen molar-refractivity contribution in [2.24, 2.45) is 0 Å². The van der Waals surface area contributed by atoms with Gasteiger partial charge in [0.2, 0.25) is 11.8 Å². The van der Waals surface area contributed by atoms with Crippen molar-refractivity contribution in [3.8, 4) is 0 Å². The minimum absolute atomic E-state index is 0.0647. The van der Waals surface area contributed by atoms with Crippen LogP contribution in [0.25, 0.3) is 0 Å². The topological polar surface area (TPSA) is 117 Å². The number of piperazine rings is 1. The van der Waals surface area contributed by atoms with E-state index >= 15 is 0 Å². The highest BCUT2D eigenvalue weighted by molar-refractivity contribution is 5.98. The van der Waals surface area contributed by atoms with Crippen LogP contribution in [0.5, 0.6) is 0 Å². The Morgan fingerprint density at radius 1 is 1.11 bits per heavy atom. The van der Waals surface area contributed by atoms with Gasteiger partial charge in [0.05, 0.1) is 19.6 Å². The van der Waals surface area contributed by atoms with Crippen molar-refractivity contribution < 1.29 is 23.9 Å². The van der Waals surface area contributed by atoms with Crippen LogP contribution in [0.15, 0.2) is 54.6 Å². The van der Waals surface area contributed by atoms with E-state index in [0.717, 1.165) is 18.4 Å². The Labute approximate surface area is 205 Å². The predicted molar refractivity (Wildman–Crippen MR) is 132 cm³/mol. The summed E-state index contributed by atoms with van der Waals surface area (Å²) in [6.45, 7) is 3.48. The summed E-state index contributed by atoms with van der Waals surface area (Å²) >= 11 is 0. The number of hydrogen-bond acceptors (Lipinski definition) is 6. The molecule has 2 aromatic carbocycles. The smallest absolute Gasteiger partial charge is 0.307 e. The lowest BCUT2D eigenvalue weighted by molar-refractivity contribution is -0.149. The number of ether oxygens (including phenoxy) is 1. The highest BCUT2D eigenvalue weighted by Crippen LogP contribution is 2.14. The van der Waals surface area contributed by atoms with Crippen LogP contribution >= 0.6 is 0 Å². The maximum Gasteiger partial charge on any atom is 0.307 e. The summed E-state index contributed by atoms with van der Waals surface area (Å²) in [7, 11) is 0. The van der Waals surface area contributed by atoms with Crippen LogP contribution in [0.2, 0.25) is 0 Å². The van der Waals surface area contributed by atoms with Gasteiger partial charge in [0, 0.05) is 30.9 Å². The van der Waals surface area contributed by atoms with Crippen LogP contribution in [-0.4, -0.2) is 60.9 Å². The molecule has 35 heavy (non-hydrogen) atoms. The van der Waals surface area contributed by atoms with Crippen molar-refractivity contribution in [1.29, 1.82) is 0 Å². The van der Waals surface area contributed by atoms with Crippen LogP contribution in [0.1, 0.15) is 42.1 Å². The lowest BCUT2D eigenvalue weighted by atomic mass is 10.1. The van der Waals surface area contributed by atoms with Gasteiger partial charge >= 0.3 is 5.97 Å². The van der Waals surface area contributed by atoms with Crippen LogP contribution in [0.4, 0.5) is 5.69 Å². The zero-order valence-electron chi connectivity index (χ0n) is 19.9. The minimum atomic E-state index is -0.765. The largest absolute Gasteiger partial charge is 0.466 e. The van der Waals surface area contributed by atoms with E-state index < -0.39 is 12.0 Å². The molecular weight excluding hydrogens is 448 g/mol. The summed E-state index contributed by atoms with van der Waals surface area (Å²) in [4.78, 5) is 51.4. The third-order valence-corrected chi connectivity index (χ3v) is 5.61. The lowest BCUT2D eigenvalue weighted by Crippen LogP contribution is -2.57. The number of carbonyl (C=O) groups excluding carboxylic acids is 4. The molecule has 3 N–H and O–H groups in total. The molecule has 0 radical (unpaired) electrons. The Hall–Kier alpha value is -3.72. The maximum absolute atomic E-state index is 12.7. The molecule has 1 atom stereocenters. The van der Waals surface area contributed by atoms with E-state index in [1.165, 1.54) is 0 Å². The molecule has 1 saturated heterocycles. The molecule has 0 spiro atoms. The van der Waals surface area contributed by atoms with Crippen LogP contribution in [0, 0.1) is 0 Å². The summed E-state index contributed by atoms with van der Waals surface area (Å²) in [5.41, 5.74) is 1.88. The Balaban J connectivity index is 1.55. The number of benzene rings is 2. The Morgan fingerprint density at radius 3 is 2.69 bits per heavy atom. The normalized spacial score (nSPS) is 15.7. The molecule has 2 aromatic rings. The molecule has 3 amide bonds.